The largest absolute Gasteiger partial charge is 0.476 e. The number of hydrogen-bond acceptors (Lipinski definition) is 4. The van der Waals surface area contributed by atoms with Gasteiger partial charge >= 0.3 is 5.97 Å². The van der Waals surface area contributed by atoms with Crippen LogP contribution < -0.4 is 4.90 Å². The number of hydrogen-bond donors (Lipinski definition) is 1. The molecular weight excluding hydrogens is 304 g/mol. The molecule has 24 heavy (non-hydrogen) atoms. The molecule has 0 spiro atoms. The molecule has 0 unspecified atom stereocenters. The fourth-order valence-electron chi connectivity index (χ4n) is 3.41. The van der Waals surface area contributed by atoms with Gasteiger partial charge in [0.15, 0.2) is 11.3 Å². The molecule has 0 radical (unpaired) electrons. The highest BCUT2D eigenvalue weighted by atomic mass is 16.4. The van der Waals surface area contributed by atoms with Crippen molar-refractivity contribution < 1.29 is 9.90 Å². The Bertz CT molecular complexity index is 926. The zero-order valence-corrected chi connectivity index (χ0v) is 13.4. The molecule has 3 heterocycles. The summed E-state index contributed by atoms with van der Waals surface area (Å²) >= 11 is 0. The Hall–Kier alpha value is -2.89. The first-order valence-electron chi connectivity index (χ1n) is 8.05. The Morgan fingerprint density at radius 1 is 1.21 bits per heavy atom. The minimum atomic E-state index is -1.04. The Morgan fingerprint density at radius 3 is 2.75 bits per heavy atom. The van der Waals surface area contributed by atoms with E-state index in [1.165, 1.54) is 23.2 Å². The normalized spacial score (nSPS) is 14.5. The number of nitrogens with zero attached hydrogens (tertiary/aromatic N) is 4. The fourth-order valence-corrected chi connectivity index (χ4v) is 3.41. The average molecular weight is 322 g/mol. The highest BCUT2D eigenvalue weighted by molar-refractivity contribution is 6.07. The summed E-state index contributed by atoms with van der Waals surface area (Å²) in [5.74, 6) is -1.04. The molecule has 0 aliphatic carbocycles. The van der Waals surface area contributed by atoms with Crippen LogP contribution >= 0.6 is 0 Å². The molecule has 0 amide bonds. The Kier molecular flexibility index (Phi) is 3.45. The van der Waals surface area contributed by atoms with Crippen molar-refractivity contribution in [2.45, 2.75) is 12.8 Å². The minimum Gasteiger partial charge on any atom is -0.476 e. The second-order valence-corrected chi connectivity index (χ2v) is 6.08. The quantitative estimate of drug-likeness (QED) is 0.803. The van der Waals surface area contributed by atoms with E-state index < -0.39 is 5.97 Å². The van der Waals surface area contributed by atoms with Crippen LogP contribution in [0.5, 0.6) is 0 Å². The van der Waals surface area contributed by atoms with Crippen LogP contribution in [-0.4, -0.2) is 38.9 Å². The number of benzene rings is 1. The number of fused-ring (bicyclic) bond motifs is 1. The van der Waals surface area contributed by atoms with E-state index in [4.69, 9.17) is 0 Å². The topological polar surface area (TPSA) is 71.2 Å². The van der Waals surface area contributed by atoms with Crippen molar-refractivity contribution in [3.8, 4) is 11.1 Å². The predicted octanol–water partition coefficient (Wildman–Crippen LogP) is 2.93. The van der Waals surface area contributed by atoms with Gasteiger partial charge in [-0.3, -0.25) is 0 Å². The van der Waals surface area contributed by atoms with E-state index in [0.29, 0.717) is 11.0 Å². The standard InChI is InChI=1S/C18H18N4O2/c1-21-17-15(16(20-21)18(23)24)14(7-8-19-17)12-5-4-6-13(11-12)22-9-2-3-10-22/h4-8,11H,2-3,9-10H2,1H3,(H,23,24). The molecule has 6 nitrogen and oxygen atoms in total. The van der Waals surface area contributed by atoms with Crippen LogP contribution in [0, 0.1) is 0 Å². The van der Waals surface area contributed by atoms with Crippen LogP contribution in [-0.2, 0) is 7.05 Å². The molecule has 1 fully saturated rings. The molecule has 1 N–H and O–H groups in total. The lowest BCUT2D eigenvalue weighted by Crippen LogP contribution is -2.17. The maximum absolute atomic E-state index is 11.6. The van der Waals surface area contributed by atoms with Gasteiger partial charge in [0.05, 0.1) is 5.39 Å². The first-order chi connectivity index (χ1) is 11.6. The van der Waals surface area contributed by atoms with Gasteiger partial charge in [-0.15, -0.1) is 0 Å². The molecule has 1 aliphatic rings. The second-order valence-electron chi connectivity index (χ2n) is 6.08. The Labute approximate surface area is 139 Å². The first kappa shape index (κ1) is 14.7. The third kappa shape index (κ3) is 2.31. The van der Waals surface area contributed by atoms with Crippen LogP contribution in [0.3, 0.4) is 0 Å². The van der Waals surface area contributed by atoms with Crippen molar-refractivity contribution in [2.75, 3.05) is 18.0 Å². The molecule has 122 valence electrons. The van der Waals surface area contributed by atoms with E-state index >= 15 is 0 Å². The predicted molar refractivity (Wildman–Crippen MR) is 92.4 cm³/mol. The van der Waals surface area contributed by atoms with Gasteiger partial charge in [0, 0.05) is 32.0 Å². The highest BCUT2D eigenvalue weighted by Gasteiger charge is 2.20. The number of aromatic carboxylic acids is 1. The second kappa shape index (κ2) is 5.63. The third-order valence-electron chi connectivity index (χ3n) is 4.56. The summed E-state index contributed by atoms with van der Waals surface area (Å²) in [5.41, 5.74) is 3.64. The monoisotopic (exact) mass is 322 g/mol. The van der Waals surface area contributed by atoms with Crippen LogP contribution in [0.2, 0.25) is 0 Å². The van der Waals surface area contributed by atoms with E-state index in [0.717, 1.165) is 24.2 Å². The number of aryl methyl sites for hydroxylation is 1. The molecule has 1 aliphatic heterocycles. The average Bonchev–Trinajstić information content (AvgIpc) is 3.23. The zero-order valence-electron chi connectivity index (χ0n) is 13.4. The van der Waals surface area contributed by atoms with E-state index in [-0.39, 0.29) is 5.69 Å². The number of aromatic nitrogens is 3. The van der Waals surface area contributed by atoms with Crippen molar-refractivity contribution >= 4 is 22.7 Å². The number of carbonyl (C=O) groups is 1. The molecule has 0 atom stereocenters. The number of anilines is 1. The lowest BCUT2D eigenvalue weighted by atomic mass is 10.0. The van der Waals surface area contributed by atoms with Crippen LogP contribution in [0.1, 0.15) is 23.3 Å². The third-order valence-corrected chi connectivity index (χ3v) is 4.56. The van der Waals surface area contributed by atoms with Gasteiger partial charge in [0.25, 0.3) is 0 Å². The molecule has 1 aromatic carbocycles. The molecule has 1 saturated heterocycles. The van der Waals surface area contributed by atoms with Crippen molar-refractivity contribution in [3.63, 3.8) is 0 Å². The van der Waals surface area contributed by atoms with Crippen LogP contribution in [0.15, 0.2) is 36.5 Å². The van der Waals surface area contributed by atoms with Gasteiger partial charge in [0.1, 0.15) is 0 Å². The first-order valence-corrected chi connectivity index (χ1v) is 8.05. The Balaban J connectivity index is 1.90. The van der Waals surface area contributed by atoms with Crippen molar-refractivity contribution in [3.05, 3.63) is 42.2 Å². The van der Waals surface area contributed by atoms with Crippen molar-refractivity contribution in [1.29, 1.82) is 0 Å². The van der Waals surface area contributed by atoms with E-state index in [2.05, 4.69) is 27.1 Å². The molecule has 0 saturated carbocycles. The fraction of sp³-hybridized carbons (Fsp3) is 0.278. The van der Waals surface area contributed by atoms with Gasteiger partial charge in [-0.1, -0.05) is 12.1 Å². The summed E-state index contributed by atoms with van der Waals surface area (Å²) in [5, 5.41) is 14.2. The molecule has 2 aromatic heterocycles. The molecule has 6 heteroatoms. The van der Waals surface area contributed by atoms with Crippen LogP contribution in [0.25, 0.3) is 22.2 Å². The van der Waals surface area contributed by atoms with Gasteiger partial charge in [0.2, 0.25) is 0 Å². The zero-order chi connectivity index (χ0) is 16.7. The number of rotatable bonds is 3. The van der Waals surface area contributed by atoms with Gasteiger partial charge in [-0.05, 0) is 42.2 Å². The van der Waals surface area contributed by atoms with Gasteiger partial charge in [-0.25, -0.2) is 14.5 Å². The van der Waals surface area contributed by atoms with Crippen molar-refractivity contribution in [1.82, 2.24) is 14.8 Å². The van der Waals surface area contributed by atoms with E-state index in [1.54, 1.807) is 13.2 Å². The number of pyridine rings is 1. The molecular formula is C18H18N4O2. The minimum absolute atomic E-state index is 0.0437. The van der Waals surface area contributed by atoms with Gasteiger partial charge < -0.3 is 10.0 Å². The molecule has 0 bridgehead atoms. The lowest BCUT2D eigenvalue weighted by Gasteiger charge is -2.18. The highest BCUT2D eigenvalue weighted by Crippen LogP contribution is 2.32. The summed E-state index contributed by atoms with van der Waals surface area (Å²) in [7, 11) is 1.71. The summed E-state index contributed by atoms with van der Waals surface area (Å²) < 4.78 is 1.52. The lowest BCUT2D eigenvalue weighted by molar-refractivity contribution is 0.0691. The maximum Gasteiger partial charge on any atom is 0.357 e. The molecule has 3 aromatic rings. The van der Waals surface area contributed by atoms with E-state index in [1.807, 2.05) is 18.2 Å². The Morgan fingerprint density at radius 2 is 2.00 bits per heavy atom. The van der Waals surface area contributed by atoms with E-state index in [9.17, 15) is 9.90 Å². The summed E-state index contributed by atoms with van der Waals surface area (Å²) in [6.07, 6.45) is 4.14. The summed E-state index contributed by atoms with van der Waals surface area (Å²) in [6.45, 7) is 2.14. The van der Waals surface area contributed by atoms with Crippen LogP contribution in [0.4, 0.5) is 5.69 Å². The molecule has 4 rings (SSSR count). The SMILES string of the molecule is Cn1nc(C(=O)O)c2c(-c3cccc(N4CCCC4)c3)ccnc21. The summed E-state index contributed by atoms with van der Waals surface area (Å²) in [4.78, 5) is 18.2. The van der Waals surface area contributed by atoms with Crippen molar-refractivity contribution in [2.24, 2.45) is 7.05 Å². The van der Waals surface area contributed by atoms with Gasteiger partial charge in [-0.2, -0.15) is 5.10 Å². The smallest absolute Gasteiger partial charge is 0.357 e. The summed E-state index contributed by atoms with van der Waals surface area (Å²) in [6, 6.07) is 10.1. The number of carboxylic acid groups (broad SMARTS) is 1. The number of carboxylic acids is 1. The maximum atomic E-state index is 11.6.